The van der Waals surface area contributed by atoms with Crippen molar-refractivity contribution < 1.29 is 13.9 Å². The number of aromatic nitrogens is 2. The summed E-state index contributed by atoms with van der Waals surface area (Å²) in [5.74, 6) is -0.0818. The lowest BCUT2D eigenvalue weighted by atomic mass is 9.98. The van der Waals surface area contributed by atoms with Crippen LogP contribution in [-0.4, -0.2) is 40.3 Å². The number of halogens is 2. The van der Waals surface area contributed by atoms with Gasteiger partial charge in [-0.15, -0.1) is 0 Å². The zero-order valence-electron chi connectivity index (χ0n) is 13.8. The van der Waals surface area contributed by atoms with Gasteiger partial charge in [0.05, 0.1) is 43.0 Å². The second kappa shape index (κ2) is 6.77. The fourth-order valence-electron chi connectivity index (χ4n) is 3.54. The van der Waals surface area contributed by atoms with Crippen LogP contribution in [0.2, 0.25) is 5.02 Å². The summed E-state index contributed by atoms with van der Waals surface area (Å²) in [5.41, 5.74) is 3.02. The van der Waals surface area contributed by atoms with E-state index in [1.54, 1.807) is 6.07 Å². The van der Waals surface area contributed by atoms with Crippen molar-refractivity contribution in [1.29, 1.82) is 0 Å². The summed E-state index contributed by atoms with van der Waals surface area (Å²) in [5, 5.41) is 4.51. The molecule has 5 nitrogen and oxygen atoms in total. The highest BCUT2D eigenvalue weighted by Gasteiger charge is 2.28. The Hall–Kier alpha value is -1.92. The van der Waals surface area contributed by atoms with E-state index in [1.807, 2.05) is 15.8 Å². The Kier molecular flexibility index (Phi) is 4.48. The fourth-order valence-corrected chi connectivity index (χ4v) is 3.74. The summed E-state index contributed by atoms with van der Waals surface area (Å²) in [7, 11) is 0. The SMILES string of the molecule is O=C(Cc1ccc(F)c(Cl)c1)N1CCn2ncc(C3CCOC3)c2C1. The Balaban J connectivity index is 1.48. The number of rotatable bonds is 3. The molecule has 2 aliphatic heterocycles. The summed E-state index contributed by atoms with van der Waals surface area (Å²) in [6, 6.07) is 4.42. The minimum atomic E-state index is -0.469. The van der Waals surface area contributed by atoms with Crippen LogP contribution in [0.4, 0.5) is 4.39 Å². The van der Waals surface area contributed by atoms with Crippen LogP contribution < -0.4 is 0 Å². The third-order valence-electron chi connectivity index (χ3n) is 4.96. The molecule has 7 heteroatoms. The summed E-state index contributed by atoms with van der Waals surface area (Å²) >= 11 is 5.81. The van der Waals surface area contributed by atoms with Crippen LogP contribution in [-0.2, 0) is 29.0 Å². The van der Waals surface area contributed by atoms with E-state index >= 15 is 0 Å². The lowest BCUT2D eigenvalue weighted by molar-refractivity contribution is -0.132. The minimum Gasteiger partial charge on any atom is -0.381 e. The zero-order chi connectivity index (χ0) is 17.4. The van der Waals surface area contributed by atoms with E-state index in [9.17, 15) is 9.18 Å². The third kappa shape index (κ3) is 3.28. The van der Waals surface area contributed by atoms with Crippen LogP contribution >= 0.6 is 11.6 Å². The highest BCUT2D eigenvalue weighted by Crippen LogP contribution is 2.30. The van der Waals surface area contributed by atoms with E-state index in [1.165, 1.54) is 17.7 Å². The molecule has 0 radical (unpaired) electrons. The van der Waals surface area contributed by atoms with Crippen molar-refractivity contribution in [1.82, 2.24) is 14.7 Å². The molecule has 1 atom stereocenters. The molecule has 0 bridgehead atoms. The molecule has 1 aromatic carbocycles. The van der Waals surface area contributed by atoms with Crippen molar-refractivity contribution >= 4 is 17.5 Å². The van der Waals surface area contributed by atoms with E-state index in [4.69, 9.17) is 16.3 Å². The molecule has 2 aromatic rings. The van der Waals surface area contributed by atoms with Gasteiger partial charge in [0.2, 0.25) is 5.91 Å². The van der Waals surface area contributed by atoms with Crippen molar-refractivity contribution in [2.24, 2.45) is 0 Å². The zero-order valence-corrected chi connectivity index (χ0v) is 14.5. The predicted octanol–water partition coefficient (Wildman–Crippen LogP) is 2.76. The molecule has 2 aliphatic rings. The van der Waals surface area contributed by atoms with Crippen LogP contribution in [0.5, 0.6) is 0 Å². The van der Waals surface area contributed by atoms with Gasteiger partial charge in [0.15, 0.2) is 0 Å². The van der Waals surface area contributed by atoms with Gasteiger partial charge in [0.1, 0.15) is 5.82 Å². The highest BCUT2D eigenvalue weighted by molar-refractivity contribution is 6.30. The number of benzene rings is 1. The Morgan fingerprint density at radius 3 is 3.04 bits per heavy atom. The third-order valence-corrected chi connectivity index (χ3v) is 5.25. The average molecular weight is 364 g/mol. The highest BCUT2D eigenvalue weighted by atomic mass is 35.5. The number of nitrogens with zero attached hydrogens (tertiary/aromatic N) is 3. The number of hydrogen-bond donors (Lipinski definition) is 0. The first kappa shape index (κ1) is 16.5. The van der Waals surface area contributed by atoms with Crippen LogP contribution in [0.3, 0.4) is 0 Å². The first-order chi connectivity index (χ1) is 12.1. The second-order valence-corrected chi connectivity index (χ2v) is 6.98. The molecule has 0 N–H and O–H groups in total. The van der Waals surface area contributed by atoms with E-state index in [0.717, 1.165) is 30.9 Å². The largest absolute Gasteiger partial charge is 0.381 e. The normalized spacial score (nSPS) is 19.9. The quantitative estimate of drug-likeness (QED) is 0.842. The van der Waals surface area contributed by atoms with Crippen LogP contribution in [0.1, 0.15) is 29.2 Å². The van der Waals surface area contributed by atoms with E-state index < -0.39 is 5.82 Å². The van der Waals surface area contributed by atoms with Crippen molar-refractivity contribution in [3.8, 4) is 0 Å². The van der Waals surface area contributed by atoms with E-state index in [-0.39, 0.29) is 17.4 Å². The maximum atomic E-state index is 13.3. The molecule has 3 heterocycles. The van der Waals surface area contributed by atoms with E-state index in [0.29, 0.717) is 25.6 Å². The van der Waals surface area contributed by atoms with Crippen molar-refractivity contribution in [2.75, 3.05) is 19.8 Å². The Labute approximate surface area is 150 Å². The molecular formula is C18H19ClFN3O2. The van der Waals surface area contributed by atoms with Crippen LogP contribution in [0, 0.1) is 5.82 Å². The number of carbonyl (C=O) groups excluding carboxylic acids is 1. The number of amides is 1. The van der Waals surface area contributed by atoms with Crippen molar-refractivity contribution in [3.05, 3.63) is 52.1 Å². The van der Waals surface area contributed by atoms with Crippen LogP contribution in [0.25, 0.3) is 0 Å². The molecule has 1 aromatic heterocycles. The number of hydrogen-bond acceptors (Lipinski definition) is 3. The maximum absolute atomic E-state index is 13.3. The molecule has 25 heavy (non-hydrogen) atoms. The van der Waals surface area contributed by atoms with Gasteiger partial charge in [-0.3, -0.25) is 9.48 Å². The van der Waals surface area contributed by atoms with Gasteiger partial charge in [0.25, 0.3) is 0 Å². The maximum Gasteiger partial charge on any atom is 0.227 e. The Morgan fingerprint density at radius 2 is 2.28 bits per heavy atom. The van der Waals surface area contributed by atoms with Crippen molar-refractivity contribution in [3.63, 3.8) is 0 Å². The average Bonchev–Trinajstić information content (AvgIpc) is 3.26. The lowest BCUT2D eigenvalue weighted by Crippen LogP contribution is -2.39. The molecule has 0 saturated carbocycles. The number of ether oxygens (including phenoxy) is 1. The number of fused-ring (bicyclic) bond motifs is 1. The minimum absolute atomic E-state index is 0.0174. The van der Waals surface area contributed by atoms with Gasteiger partial charge in [-0.05, 0) is 24.1 Å². The topological polar surface area (TPSA) is 47.4 Å². The lowest BCUT2D eigenvalue weighted by Gasteiger charge is -2.29. The smallest absolute Gasteiger partial charge is 0.227 e. The predicted molar refractivity (Wildman–Crippen MR) is 90.9 cm³/mol. The molecule has 4 rings (SSSR count). The van der Waals surface area contributed by atoms with Gasteiger partial charge in [0, 0.05) is 24.6 Å². The van der Waals surface area contributed by atoms with Gasteiger partial charge in [-0.1, -0.05) is 17.7 Å². The molecule has 1 amide bonds. The molecule has 1 fully saturated rings. The first-order valence-electron chi connectivity index (χ1n) is 8.46. The van der Waals surface area contributed by atoms with Gasteiger partial charge in [-0.2, -0.15) is 5.10 Å². The monoisotopic (exact) mass is 363 g/mol. The van der Waals surface area contributed by atoms with Gasteiger partial charge in [-0.25, -0.2) is 4.39 Å². The van der Waals surface area contributed by atoms with Crippen LogP contribution in [0.15, 0.2) is 24.4 Å². The molecule has 132 valence electrons. The summed E-state index contributed by atoms with van der Waals surface area (Å²) in [6.07, 6.45) is 3.14. The Bertz CT molecular complexity index is 802. The van der Waals surface area contributed by atoms with E-state index in [2.05, 4.69) is 5.10 Å². The Morgan fingerprint density at radius 1 is 1.40 bits per heavy atom. The summed E-state index contributed by atoms with van der Waals surface area (Å²) < 4.78 is 20.7. The van der Waals surface area contributed by atoms with Gasteiger partial charge < -0.3 is 9.64 Å². The number of carbonyl (C=O) groups is 1. The van der Waals surface area contributed by atoms with Gasteiger partial charge >= 0.3 is 0 Å². The first-order valence-corrected chi connectivity index (χ1v) is 8.83. The standard InChI is InChI=1S/C18H19ClFN3O2/c19-15-7-12(1-2-16(15)20)8-18(24)22-4-5-23-17(10-22)14(9-21-23)13-3-6-25-11-13/h1-2,7,9,13H,3-6,8,10-11H2. The molecule has 0 aliphatic carbocycles. The molecular weight excluding hydrogens is 345 g/mol. The molecule has 0 spiro atoms. The summed E-state index contributed by atoms with van der Waals surface area (Å²) in [6.45, 7) is 3.38. The molecule has 1 saturated heterocycles. The molecule has 1 unspecified atom stereocenters. The fraction of sp³-hybridized carbons (Fsp3) is 0.444. The second-order valence-electron chi connectivity index (χ2n) is 6.57. The summed E-state index contributed by atoms with van der Waals surface area (Å²) in [4.78, 5) is 14.5. The van der Waals surface area contributed by atoms with Crippen molar-refractivity contribution in [2.45, 2.75) is 31.8 Å².